The summed E-state index contributed by atoms with van der Waals surface area (Å²) in [5.74, 6) is 1.06. The Kier molecular flexibility index (Phi) is 5.99. The average Bonchev–Trinajstić information content (AvgIpc) is 3.48. The maximum absolute atomic E-state index is 13.1. The van der Waals surface area contributed by atoms with E-state index in [1.807, 2.05) is 11.6 Å². The van der Waals surface area contributed by atoms with E-state index < -0.39 is 0 Å². The van der Waals surface area contributed by atoms with Gasteiger partial charge in [-0.1, -0.05) is 43.3 Å². The van der Waals surface area contributed by atoms with Crippen LogP contribution in [0.4, 0.5) is 0 Å². The van der Waals surface area contributed by atoms with E-state index in [9.17, 15) is 4.79 Å². The van der Waals surface area contributed by atoms with Crippen LogP contribution in [0.1, 0.15) is 78.9 Å². The SMILES string of the molecule is Cc1c(C(=O)NC(c2ccc(CC(C)C)cc2)C2CC2)nnn1C1CCNCC1. The van der Waals surface area contributed by atoms with E-state index in [0.717, 1.165) is 38.0 Å². The Morgan fingerprint density at radius 3 is 2.48 bits per heavy atom. The lowest BCUT2D eigenvalue weighted by Gasteiger charge is -2.23. The predicted octanol–water partition coefficient (Wildman–Crippen LogP) is 3.59. The van der Waals surface area contributed by atoms with Crippen LogP contribution in [0.5, 0.6) is 0 Å². The van der Waals surface area contributed by atoms with Gasteiger partial charge < -0.3 is 10.6 Å². The number of nitrogens with zero attached hydrogens (tertiary/aromatic N) is 3. The van der Waals surface area contributed by atoms with Crippen LogP contribution in [0.2, 0.25) is 0 Å². The van der Waals surface area contributed by atoms with Gasteiger partial charge in [-0.3, -0.25) is 4.79 Å². The molecule has 2 heterocycles. The Balaban J connectivity index is 1.48. The van der Waals surface area contributed by atoms with E-state index in [2.05, 4.69) is 59.1 Å². The second kappa shape index (κ2) is 8.66. The highest BCUT2D eigenvalue weighted by molar-refractivity contribution is 5.93. The Morgan fingerprint density at radius 1 is 1.17 bits per heavy atom. The average molecular weight is 396 g/mol. The van der Waals surface area contributed by atoms with E-state index in [-0.39, 0.29) is 11.9 Å². The van der Waals surface area contributed by atoms with E-state index in [0.29, 0.717) is 23.6 Å². The molecule has 1 saturated heterocycles. The lowest BCUT2D eigenvalue weighted by Crippen LogP contribution is -2.31. The van der Waals surface area contributed by atoms with Crippen molar-refractivity contribution in [2.45, 2.75) is 65.0 Å². The number of nitrogens with one attached hydrogen (secondary N) is 2. The molecule has 1 aromatic heterocycles. The van der Waals surface area contributed by atoms with Crippen molar-refractivity contribution in [3.8, 4) is 0 Å². The molecule has 1 atom stereocenters. The van der Waals surface area contributed by atoms with Gasteiger partial charge in [-0.25, -0.2) is 4.68 Å². The molecule has 29 heavy (non-hydrogen) atoms. The third-order valence-corrected chi connectivity index (χ3v) is 6.16. The summed E-state index contributed by atoms with van der Waals surface area (Å²) >= 11 is 0. The lowest BCUT2D eigenvalue weighted by molar-refractivity contribution is 0.0925. The first-order chi connectivity index (χ1) is 14.0. The zero-order chi connectivity index (χ0) is 20.4. The van der Waals surface area contributed by atoms with Gasteiger partial charge in [0.05, 0.1) is 17.8 Å². The number of rotatable bonds is 7. The molecule has 2 aromatic rings. The number of carbonyl (C=O) groups is 1. The summed E-state index contributed by atoms with van der Waals surface area (Å²) in [6, 6.07) is 9.15. The van der Waals surface area contributed by atoms with Gasteiger partial charge in [0.15, 0.2) is 5.69 Å². The van der Waals surface area contributed by atoms with Crippen LogP contribution in [-0.2, 0) is 6.42 Å². The van der Waals surface area contributed by atoms with Gasteiger partial charge >= 0.3 is 0 Å². The first-order valence-corrected chi connectivity index (χ1v) is 11.0. The summed E-state index contributed by atoms with van der Waals surface area (Å²) in [4.78, 5) is 13.1. The molecular weight excluding hydrogens is 362 g/mol. The molecule has 6 nitrogen and oxygen atoms in total. The van der Waals surface area contributed by atoms with E-state index in [4.69, 9.17) is 0 Å². The minimum atomic E-state index is -0.106. The molecule has 4 rings (SSSR count). The molecule has 0 radical (unpaired) electrons. The van der Waals surface area contributed by atoms with Gasteiger partial charge in [0.2, 0.25) is 0 Å². The molecule has 2 N–H and O–H groups in total. The summed E-state index contributed by atoms with van der Waals surface area (Å²) < 4.78 is 1.95. The van der Waals surface area contributed by atoms with Crippen LogP contribution in [0.3, 0.4) is 0 Å². The van der Waals surface area contributed by atoms with Gasteiger partial charge in [0.25, 0.3) is 5.91 Å². The van der Waals surface area contributed by atoms with Crippen LogP contribution in [0, 0.1) is 18.8 Å². The molecule has 1 aliphatic carbocycles. The molecule has 6 heteroatoms. The zero-order valence-corrected chi connectivity index (χ0v) is 17.8. The van der Waals surface area contributed by atoms with Crippen molar-refractivity contribution >= 4 is 5.91 Å². The van der Waals surface area contributed by atoms with Crippen LogP contribution < -0.4 is 10.6 Å². The Hall–Kier alpha value is -2.21. The molecule has 1 aliphatic heterocycles. The Labute approximate surface area is 173 Å². The Bertz CT molecular complexity index is 831. The lowest BCUT2D eigenvalue weighted by atomic mass is 9.97. The third-order valence-electron chi connectivity index (χ3n) is 6.16. The summed E-state index contributed by atoms with van der Waals surface area (Å²) in [7, 11) is 0. The van der Waals surface area contributed by atoms with Crippen LogP contribution in [0.25, 0.3) is 0 Å². The topological polar surface area (TPSA) is 71.8 Å². The van der Waals surface area contributed by atoms with Crippen LogP contribution in [-0.4, -0.2) is 34.0 Å². The fraction of sp³-hybridized carbons (Fsp3) is 0.609. The maximum Gasteiger partial charge on any atom is 0.274 e. The molecule has 1 amide bonds. The van der Waals surface area contributed by atoms with E-state index in [1.165, 1.54) is 24.0 Å². The molecule has 1 unspecified atom stereocenters. The van der Waals surface area contributed by atoms with Crippen molar-refractivity contribution in [2.24, 2.45) is 11.8 Å². The molecule has 0 spiro atoms. The molecular formula is C23H33N5O. The molecule has 1 saturated carbocycles. The van der Waals surface area contributed by atoms with Crippen molar-refractivity contribution in [1.82, 2.24) is 25.6 Å². The number of piperidine rings is 1. The molecule has 0 bridgehead atoms. The quantitative estimate of drug-likeness (QED) is 0.751. The largest absolute Gasteiger partial charge is 0.343 e. The molecule has 2 aliphatic rings. The minimum absolute atomic E-state index is 0.0547. The van der Waals surface area contributed by atoms with Gasteiger partial charge in [0, 0.05) is 0 Å². The fourth-order valence-electron chi connectivity index (χ4n) is 4.39. The summed E-state index contributed by atoms with van der Waals surface area (Å²) in [5, 5.41) is 15.2. The number of hydrogen-bond acceptors (Lipinski definition) is 4. The number of carbonyl (C=O) groups excluding carboxylic acids is 1. The first-order valence-electron chi connectivity index (χ1n) is 11.0. The smallest absolute Gasteiger partial charge is 0.274 e. The number of aromatic nitrogens is 3. The van der Waals surface area contributed by atoms with Gasteiger partial charge in [-0.05, 0) is 75.1 Å². The summed E-state index contributed by atoms with van der Waals surface area (Å²) in [6.45, 7) is 8.41. The number of hydrogen-bond donors (Lipinski definition) is 2. The predicted molar refractivity (Wildman–Crippen MR) is 114 cm³/mol. The highest BCUT2D eigenvalue weighted by Crippen LogP contribution is 2.41. The highest BCUT2D eigenvalue weighted by Gasteiger charge is 2.34. The van der Waals surface area contributed by atoms with Crippen molar-refractivity contribution in [1.29, 1.82) is 0 Å². The normalized spacial score (nSPS) is 18.8. The van der Waals surface area contributed by atoms with E-state index in [1.54, 1.807) is 0 Å². The standard InChI is InChI=1S/C23H33N5O/c1-15(2)14-17-4-6-18(7-5-17)22(19-8-9-19)25-23(29)21-16(3)28(27-26-21)20-10-12-24-13-11-20/h4-7,15,19-20,22,24H,8-14H2,1-3H3,(H,25,29). The first kappa shape index (κ1) is 20.1. The van der Waals surface area contributed by atoms with Gasteiger partial charge in [-0.2, -0.15) is 0 Å². The van der Waals surface area contributed by atoms with Crippen molar-refractivity contribution in [3.05, 3.63) is 46.8 Å². The summed E-state index contributed by atoms with van der Waals surface area (Å²) in [5.41, 5.74) is 3.88. The molecule has 1 aromatic carbocycles. The highest BCUT2D eigenvalue weighted by atomic mass is 16.2. The van der Waals surface area contributed by atoms with Crippen LogP contribution in [0.15, 0.2) is 24.3 Å². The monoisotopic (exact) mass is 395 g/mol. The Morgan fingerprint density at radius 2 is 1.86 bits per heavy atom. The van der Waals surface area contributed by atoms with Crippen molar-refractivity contribution in [3.63, 3.8) is 0 Å². The second-order valence-electron chi connectivity index (χ2n) is 9.08. The number of amides is 1. The van der Waals surface area contributed by atoms with Crippen molar-refractivity contribution in [2.75, 3.05) is 13.1 Å². The molecule has 2 fully saturated rings. The fourth-order valence-corrected chi connectivity index (χ4v) is 4.39. The number of benzene rings is 1. The van der Waals surface area contributed by atoms with Gasteiger partial charge in [-0.15, -0.1) is 5.10 Å². The van der Waals surface area contributed by atoms with Gasteiger partial charge in [0.1, 0.15) is 0 Å². The minimum Gasteiger partial charge on any atom is -0.343 e. The summed E-state index contributed by atoms with van der Waals surface area (Å²) in [6.07, 6.45) is 5.47. The van der Waals surface area contributed by atoms with Crippen LogP contribution >= 0.6 is 0 Å². The third kappa shape index (κ3) is 4.69. The molecule has 156 valence electrons. The van der Waals surface area contributed by atoms with E-state index >= 15 is 0 Å². The second-order valence-corrected chi connectivity index (χ2v) is 9.08. The zero-order valence-electron chi connectivity index (χ0n) is 17.8. The maximum atomic E-state index is 13.1. The van der Waals surface area contributed by atoms with Crippen molar-refractivity contribution < 1.29 is 4.79 Å².